The van der Waals surface area contributed by atoms with Crippen molar-refractivity contribution in [3.05, 3.63) is 82.6 Å². The van der Waals surface area contributed by atoms with Crippen LogP contribution in [-0.2, 0) is 0 Å². The van der Waals surface area contributed by atoms with Gasteiger partial charge in [-0.25, -0.2) is 4.39 Å². The first-order valence-corrected chi connectivity index (χ1v) is 7.53. The minimum absolute atomic E-state index is 0.0216. The molecule has 3 aromatic rings. The van der Waals surface area contributed by atoms with Gasteiger partial charge in [0.05, 0.1) is 4.83 Å². The maximum absolute atomic E-state index is 13.9. The summed E-state index contributed by atoms with van der Waals surface area (Å²) in [6, 6.07) is 18.5. The summed E-state index contributed by atoms with van der Waals surface area (Å²) in [5, 5.41) is 2.24. The van der Waals surface area contributed by atoms with Gasteiger partial charge in [-0.05, 0) is 34.7 Å². The zero-order chi connectivity index (χ0) is 14.1. The molecular weight excluding hydrogens is 339 g/mol. The first-order chi connectivity index (χ1) is 9.66. The van der Waals surface area contributed by atoms with E-state index in [0.29, 0.717) is 10.4 Å². The van der Waals surface area contributed by atoms with Gasteiger partial charge in [-0.3, -0.25) is 0 Å². The fourth-order valence-corrected chi connectivity index (χ4v) is 3.23. The quantitative estimate of drug-likeness (QED) is 0.489. The third kappa shape index (κ3) is 2.46. The topological polar surface area (TPSA) is 0 Å². The maximum atomic E-state index is 13.9. The molecular formula is C17H11BrClF. The van der Waals surface area contributed by atoms with Gasteiger partial charge in [0, 0.05) is 10.4 Å². The Bertz CT molecular complexity index is 770. The molecule has 3 heteroatoms. The van der Waals surface area contributed by atoms with Gasteiger partial charge < -0.3 is 0 Å². The maximum Gasteiger partial charge on any atom is 0.131 e. The van der Waals surface area contributed by atoms with E-state index in [4.69, 9.17) is 11.6 Å². The molecule has 0 amide bonds. The monoisotopic (exact) mass is 348 g/mol. The Morgan fingerprint density at radius 2 is 1.65 bits per heavy atom. The Balaban J connectivity index is 2.17. The van der Waals surface area contributed by atoms with Crippen LogP contribution in [0.2, 0.25) is 5.02 Å². The summed E-state index contributed by atoms with van der Waals surface area (Å²) in [6.07, 6.45) is 0. The van der Waals surface area contributed by atoms with Gasteiger partial charge in [0.2, 0.25) is 0 Å². The Kier molecular flexibility index (Phi) is 3.77. The average molecular weight is 350 g/mol. The molecule has 0 radical (unpaired) electrons. The van der Waals surface area contributed by atoms with E-state index in [9.17, 15) is 4.39 Å². The van der Waals surface area contributed by atoms with Crippen LogP contribution >= 0.6 is 27.5 Å². The van der Waals surface area contributed by atoms with Crippen molar-refractivity contribution >= 4 is 38.3 Å². The molecule has 0 saturated heterocycles. The molecule has 0 saturated carbocycles. The highest BCUT2D eigenvalue weighted by Gasteiger charge is 2.15. The van der Waals surface area contributed by atoms with E-state index >= 15 is 0 Å². The van der Waals surface area contributed by atoms with Gasteiger partial charge >= 0.3 is 0 Å². The molecule has 0 aromatic heterocycles. The fourth-order valence-electron chi connectivity index (χ4n) is 2.35. The third-order valence-corrected chi connectivity index (χ3v) is 4.58. The zero-order valence-corrected chi connectivity index (χ0v) is 12.8. The predicted molar refractivity (Wildman–Crippen MR) is 86.1 cm³/mol. The van der Waals surface area contributed by atoms with Crippen LogP contribution in [0.1, 0.15) is 16.0 Å². The van der Waals surface area contributed by atoms with Gasteiger partial charge in [-0.2, -0.15) is 0 Å². The third-order valence-electron chi connectivity index (χ3n) is 3.32. The highest BCUT2D eigenvalue weighted by atomic mass is 79.9. The molecule has 1 atom stereocenters. The van der Waals surface area contributed by atoms with Crippen molar-refractivity contribution < 1.29 is 4.39 Å². The number of fused-ring (bicyclic) bond motifs is 1. The lowest BCUT2D eigenvalue weighted by Gasteiger charge is -2.14. The number of benzene rings is 3. The Hall–Kier alpha value is -1.38. The summed E-state index contributed by atoms with van der Waals surface area (Å²) in [4.78, 5) is -0.0216. The van der Waals surface area contributed by atoms with Crippen molar-refractivity contribution in [1.82, 2.24) is 0 Å². The minimum Gasteiger partial charge on any atom is -0.206 e. The molecule has 0 fully saturated rings. The lowest BCUT2D eigenvalue weighted by molar-refractivity contribution is 0.639. The van der Waals surface area contributed by atoms with E-state index in [-0.39, 0.29) is 10.6 Å². The van der Waals surface area contributed by atoms with Crippen molar-refractivity contribution in [2.75, 3.05) is 0 Å². The highest BCUT2D eigenvalue weighted by molar-refractivity contribution is 9.09. The SMILES string of the molecule is Fc1ccc(C(Br)c2cccc(Cl)c2)c2ccccc12. The predicted octanol–water partition coefficient (Wildman–Crippen LogP) is 6.12. The van der Waals surface area contributed by atoms with Crippen molar-refractivity contribution in [3.63, 3.8) is 0 Å². The van der Waals surface area contributed by atoms with Crippen LogP contribution in [0.5, 0.6) is 0 Å². The van der Waals surface area contributed by atoms with Crippen molar-refractivity contribution in [3.8, 4) is 0 Å². The van der Waals surface area contributed by atoms with Gasteiger partial charge in [0.1, 0.15) is 5.82 Å². The second kappa shape index (κ2) is 5.55. The second-order valence-electron chi connectivity index (χ2n) is 4.60. The molecule has 100 valence electrons. The summed E-state index contributed by atoms with van der Waals surface area (Å²) in [7, 11) is 0. The molecule has 3 rings (SSSR count). The number of rotatable bonds is 2. The van der Waals surface area contributed by atoms with Crippen molar-refractivity contribution in [2.45, 2.75) is 4.83 Å². The lowest BCUT2D eigenvalue weighted by Crippen LogP contribution is -1.95. The van der Waals surface area contributed by atoms with Gasteiger partial charge in [-0.15, -0.1) is 0 Å². The van der Waals surface area contributed by atoms with E-state index in [1.807, 2.05) is 48.5 Å². The number of hydrogen-bond donors (Lipinski definition) is 0. The van der Waals surface area contributed by atoms with Crippen LogP contribution in [0.15, 0.2) is 60.7 Å². The fraction of sp³-hybridized carbons (Fsp3) is 0.0588. The Labute approximate surface area is 130 Å². The molecule has 0 N–H and O–H groups in total. The summed E-state index contributed by atoms with van der Waals surface area (Å²) < 4.78 is 13.9. The second-order valence-corrected chi connectivity index (χ2v) is 5.95. The smallest absolute Gasteiger partial charge is 0.131 e. The van der Waals surface area contributed by atoms with E-state index in [1.165, 1.54) is 6.07 Å². The molecule has 0 aliphatic carbocycles. The van der Waals surface area contributed by atoms with E-state index in [0.717, 1.165) is 16.5 Å². The first-order valence-electron chi connectivity index (χ1n) is 6.23. The van der Waals surface area contributed by atoms with Crippen LogP contribution in [0.4, 0.5) is 4.39 Å². The summed E-state index contributed by atoms with van der Waals surface area (Å²) in [5.41, 5.74) is 2.08. The van der Waals surface area contributed by atoms with E-state index in [2.05, 4.69) is 15.9 Å². The molecule has 0 bridgehead atoms. The standard InChI is InChI=1S/C17H11BrClF/c18-17(11-4-3-5-12(19)10-11)15-8-9-16(20)14-7-2-1-6-13(14)15/h1-10,17H. The van der Waals surface area contributed by atoms with Gasteiger partial charge in [-0.1, -0.05) is 70.0 Å². The number of alkyl halides is 1. The Morgan fingerprint density at radius 1 is 0.900 bits per heavy atom. The normalized spacial score (nSPS) is 12.6. The number of halogens is 3. The van der Waals surface area contributed by atoms with Crippen LogP contribution in [0, 0.1) is 5.82 Å². The van der Waals surface area contributed by atoms with Crippen LogP contribution < -0.4 is 0 Å². The first kappa shape index (κ1) is 13.6. The largest absolute Gasteiger partial charge is 0.206 e. The van der Waals surface area contributed by atoms with E-state index < -0.39 is 0 Å². The minimum atomic E-state index is -0.199. The molecule has 0 aliphatic rings. The van der Waals surface area contributed by atoms with Crippen LogP contribution in [-0.4, -0.2) is 0 Å². The van der Waals surface area contributed by atoms with Crippen LogP contribution in [0.3, 0.4) is 0 Å². The van der Waals surface area contributed by atoms with Crippen LogP contribution in [0.25, 0.3) is 10.8 Å². The summed E-state index contributed by atoms with van der Waals surface area (Å²) in [6.45, 7) is 0. The van der Waals surface area contributed by atoms with Crippen molar-refractivity contribution in [2.24, 2.45) is 0 Å². The zero-order valence-electron chi connectivity index (χ0n) is 10.5. The highest BCUT2D eigenvalue weighted by Crippen LogP contribution is 2.36. The molecule has 0 aliphatic heterocycles. The molecule has 20 heavy (non-hydrogen) atoms. The Morgan fingerprint density at radius 3 is 2.40 bits per heavy atom. The summed E-state index contributed by atoms with van der Waals surface area (Å²) in [5.74, 6) is -0.199. The molecule has 0 nitrogen and oxygen atoms in total. The molecule has 3 aromatic carbocycles. The lowest BCUT2D eigenvalue weighted by atomic mass is 9.98. The van der Waals surface area contributed by atoms with Gasteiger partial charge in [0.25, 0.3) is 0 Å². The number of hydrogen-bond acceptors (Lipinski definition) is 0. The van der Waals surface area contributed by atoms with Gasteiger partial charge in [0.15, 0.2) is 0 Å². The molecule has 1 unspecified atom stereocenters. The molecule has 0 spiro atoms. The molecule has 0 heterocycles. The van der Waals surface area contributed by atoms with Crippen molar-refractivity contribution in [1.29, 1.82) is 0 Å². The average Bonchev–Trinajstić information content (AvgIpc) is 2.47. The van der Waals surface area contributed by atoms with E-state index in [1.54, 1.807) is 6.07 Å². The summed E-state index contributed by atoms with van der Waals surface area (Å²) >= 11 is 9.73.